The Morgan fingerprint density at radius 1 is 1.27 bits per heavy atom. The molecule has 0 spiro atoms. The van der Waals surface area contributed by atoms with Crippen molar-refractivity contribution in [1.82, 2.24) is 5.32 Å². The molecule has 1 aliphatic heterocycles. The second-order valence-corrected chi connectivity index (χ2v) is 9.30. The second-order valence-electron chi connectivity index (χ2n) is 8.89. The number of amidine groups is 1. The Bertz CT molecular complexity index is 971. The summed E-state index contributed by atoms with van der Waals surface area (Å²) >= 11 is 6.31. The van der Waals surface area contributed by atoms with E-state index in [-0.39, 0.29) is 30.0 Å². The topological polar surface area (TPSA) is 126 Å². The molecular weight excluding hydrogens is 463 g/mol. The zero-order valence-corrected chi connectivity index (χ0v) is 19.2. The third kappa shape index (κ3) is 6.86. The summed E-state index contributed by atoms with van der Waals surface area (Å²) in [5.74, 6) is -2.71. The molecule has 0 saturated carbocycles. The smallest absolute Gasteiger partial charge is 0.429 e. The van der Waals surface area contributed by atoms with Gasteiger partial charge in [-0.25, -0.2) is 4.79 Å². The Hall–Kier alpha value is -2.75. The Morgan fingerprint density at radius 3 is 2.42 bits per heavy atom. The molecule has 1 aromatic rings. The highest BCUT2D eigenvalue weighted by Gasteiger charge is 2.48. The number of nitrogens with two attached hydrogens (primary N) is 1. The number of hydrogen-bond donors (Lipinski definition) is 4. The van der Waals surface area contributed by atoms with E-state index in [4.69, 9.17) is 27.5 Å². The zero-order chi connectivity index (χ0) is 25.1. The first-order valence-corrected chi connectivity index (χ1v) is 10.6. The number of halogens is 4. The highest BCUT2D eigenvalue weighted by Crippen LogP contribution is 2.42. The van der Waals surface area contributed by atoms with Crippen molar-refractivity contribution in [2.24, 2.45) is 5.73 Å². The first-order chi connectivity index (χ1) is 15.1. The molecular formula is C22H27ClF3N3O4. The lowest BCUT2D eigenvalue weighted by atomic mass is 9.85. The Morgan fingerprint density at radius 2 is 1.91 bits per heavy atom. The number of nitrogens with one attached hydrogen (secondary N) is 2. The fourth-order valence-electron chi connectivity index (χ4n) is 3.38. The monoisotopic (exact) mass is 489 g/mol. The van der Waals surface area contributed by atoms with Crippen molar-refractivity contribution in [3.05, 3.63) is 33.9 Å². The molecule has 182 valence electrons. The lowest BCUT2D eigenvalue weighted by Crippen LogP contribution is -2.47. The van der Waals surface area contributed by atoms with Gasteiger partial charge in [0.05, 0.1) is 11.4 Å². The Labute approximate surface area is 194 Å². The molecule has 1 aromatic carbocycles. The normalized spacial score (nSPS) is 16.8. The molecule has 0 aromatic heterocycles. The number of rotatable bonds is 8. The highest BCUT2D eigenvalue weighted by atomic mass is 35.5. The van der Waals surface area contributed by atoms with Crippen LogP contribution in [0.5, 0.6) is 5.75 Å². The standard InChI is InChI=1S/C22H27ClF3N3O4/c1-21(2,3)13-10-16-11(9-14(13)23)8-12(18(33-16)22(24,25)26)19(30)29-15(20(31)32)6-4-5-7-17(27)28/h8-10,15,18H,4-7H2,1-3H3,(H3,27,28)(H,29,30)(H,31,32)/t15-,18-/m0/s1. The van der Waals surface area contributed by atoms with E-state index in [1.807, 2.05) is 20.8 Å². The average Bonchev–Trinajstić information content (AvgIpc) is 2.66. The van der Waals surface area contributed by atoms with Gasteiger partial charge in [0.2, 0.25) is 6.10 Å². The van der Waals surface area contributed by atoms with Crippen LogP contribution in [0.15, 0.2) is 17.7 Å². The van der Waals surface area contributed by atoms with E-state index in [1.54, 1.807) is 0 Å². The van der Waals surface area contributed by atoms with Gasteiger partial charge in [-0.3, -0.25) is 10.2 Å². The van der Waals surface area contributed by atoms with Crippen molar-refractivity contribution in [3.8, 4) is 5.75 Å². The average molecular weight is 490 g/mol. The minimum atomic E-state index is -4.91. The first kappa shape index (κ1) is 26.5. The van der Waals surface area contributed by atoms with Gasteiger partial charge in [-0.1, -0.05) is 38.8 Å². The number of unbranched alkanes of at least 4 members (excludes halogenated alkanes) is 1. The number of amides is 1. The van der Waals surface area contributed by atoms with E-state index in [1.165, 1.54) is 12.1 Å². The molecule has 0 bridgehead atoms. The predicted octanol–water partition coefficient (Wildman–Crippen LogP) is 4.41. The molecule has 2 rings (SSSR count). The largest absolute Gasteiger partial charge is 0.480 e. The molecule has 33 heavy (non-hydrogen) atoms. The fourth-order valence-corrected chi connectivity index (χ4v) is 3.84. The van der Waals surface area contributed by atoms with Crippen LogP contribution in [0.25, 0.3) is 6.08 Å². The molecule has 0 unspecified atom stereocenters. The SMILES string of the molecule is CC(C)(C)c1cc2c(cc1Cl)C=C(C(=O)N[C@@H](CCCCC(=N)N)C(=O)O)[C@@H](C(F)(F)F)O2. The van der Waals surface area contributed by atoms with Crippen LogP contribution >= 0.6 is 11.6 Å². The van der Waals surface area contributed by atoms with E-state index in [9.17, 15) is 27.9 Å². The Kier molecular flexibility index (Phi) is 8.05. The van der Waals surface area contributed by atoms with Crippen molar-refractivity contribution in [2.45, 2.75) is 70.2 Å². The maximum atomic E-state index is 13.8. The van der Waals surface area contributed by atoms with Gasteiger partial charge in [-0.15, -0.1) is 0 Å². The van der Waals surface area contributed by atoms with Crippen LogP contribution in [0.3, 0.4) is 0 Å². The summed E-state index contributed by atoms with van der Waals surface area (Å²) in [4.78, 5) is 24.2. The number of hydrogen-bond acceptors (Lipinski definition) is 4. The van der Waals surface area contributed by atoms with Crippen LogP contribution in [0.2, 0.25) is 5.02 Å². The number of carbonyl (C=O) groups excluding carboxylic acids is 1. The lowest BCUT2D eigenvalue weighted by molar-refractivity contribution is -0.185. The van der Waals surface area contributed by atoms with Crippen LogP contribution in [-0.2, 0) is 15.0 Å². The molecule has 0 fully saturated rings. The van der Waals surface area contributed by atoms with Gasteiger partial charge in [-0.05, 0) is 42.0 Å². The summed E-state index contributed by atoms with van der Waals surface area (Å²) in [5.41, 5.74) is 4.80. The van der Waals surface area contributed by atoms with E-state index in [0.717, 1.165) is 6.08 Å². The van der Waals surface area contributed by atoms with Crippen LogP contribution in [0.4, 0.5) is 13.2 Å². The molecule has 7 nitrogen and oxygen atoms in total. The summed E-state index contributed by atoms with van der Waals surface area (Å²) in [6, 6.07) is 1.44. The lowest BCUT2D eigenvalue weighted by Gasteiger charge is -2.30. The minimum absolute atomic E-state index is 0.0312. The van der Waals surface area contributed by atoms with Crippen molar-refractivity contribution in [3.63, 3.8) is 0 Å². The number of benzene rings is 1. The number of carboxylic acids is 1. The summed E-state index contributed by atoms with van der Waals surface area (Å²) in [7, 11) is 0. The van der Waals surface area contributed by atoms with Gasteiger partial charge in [0.25, 0.3) is 5.91 Å². The molecule has 1 aliphatic rings. The van der Waals surface area contributed by atoms with Crippen molar-refractivity contribution < 1.29 is 32.6 Å². The molecule has 11 heteroatoms. The molecule has 5 N–H and O–H groups in total. The molecule has 2 atom stereocenters. The van der Waals surface area contributed by atoms with Gasteiger partial charge in [0.15, 0.2) is 0 Å². The summed E-state index contributed by atoms with van der Waals surface area (Å²) < 4.78 is 46.5. The van der Waals surface area contributed by atoms with Gasteiger partial charge in [0.1, 0.15) is 11.8 Å². The van der Waals surface area contributed by atoms with Crippen LogP contribution < -0.4 is 15.8 Å². The van der Waals surface area contributed by atoms with Gasteiger partial charge >= 0.3 is 12.1 Å². The summed E-state index contributed by atoms with van der Waals surface area (Å²) in [5, 5.41) is 19.0. The number of carboxylic acid groups (broad SMARTS) is 1. The van der Waals surface area contributed by atoms with E-state index >= 15 is 0 Å². The number of alkyl halides is 3. The Balaban J connectivity index is 2.35. The van der Waals surface area contributed by atoms with Crippen molar-refractivity contribution >= 4 is 35.4 Å². The van der Waals surface area contributed by atoms with E-state index in [2.05, 4.69) is 5.32 Å². The van der Waals surface area contributed by atoms with Crippen LogP contribution in [0.1, 0.15) is 57.6 Å². The maximum Gasteiger partial charge on any atom is 0.429 e. The fraction of sp³-hybridized carbons (Fsp3) is 0.500. The number of aliphatic carboxylic acids is 1. The van der Waals surface area contributed by atoms with E-state index < -0.39 is 41.2 Å². The molecule has 0 aliphatic carbocycles. The number of carbonyl (C=O) groups is 2. The van der Waals surface area contributed by atoms with Gasteiger partial charge < -0.3 is 20.9 Å². The molecule has 1 heterocycles. The van der Waals surface area contributed by atoms with Crippen molar-refractivity contribution in [1.29, 1.82) is 5.41 Å². The predicted molar refractivity (Wildman–Crippen MR) is 119 cm³/mol. The summed E-state index contributed by atoms with van der Waals surface area (Å²) in [6.45, 7) is 5.55. The highest BCUT2D eigenvalue weighted by molar-refractivity contribution is 6.31. The second kappa shape index (κ2) is 10.0. The third-order valence-electron chi connectivity index (χ3n) is 5.10. The third-order valence-corrected chi connectivity index (χ3v) is 5.41. The minimum Gasteiger partial charge on any atom is -0.480 e. The van der Waals surface area contributed by atoms with Crippen molar-refractivity contribution in [2.75, 3.05) is 0 Å². The number of fused-ring (bicyclic) bond motifs is 1. The number of ether oxygens (including phenoxy) is 1. The zero-order valence-electron chi connectivity index (χ0n) is 18.5. The summed E-state index contributed by atoms with van der Waals surface area (Å²) in [6.07, 6.45) is -5.51. The van der Waals surface area contributed by atoms with Crippen LogP contribution in [0, 0.1) is 5.41 Å². The molecule has 1 amide bonds. The molecule has 0 saturated heterocycles. The van der Waals surface area contributed by atoms with E-state index in [0.29, 0.717) is 23.4 Å². The molecule has 0 radical (unpaired) electrons. The quantitative estimate of drug-likeness (QED) is 0.244. The van der Waals surface area contributed by atoms with Crippen LogP contribution in [-0.4, -0.2) is 41.1 Å². The van der Waals surface area contributed by atoms with Gasteiger partial charge in [0, 0.05) is 17.0 Å². The maximum absolute atomic E-state index is 13.8. The first-order valence-electron chi connectivity index (χ1n) is 10.3. The van der Waals surface area contributed by atoms with Gasteiger partial charge in [-0.2, -0.15) is 13.2 Å².